The van der Waals surface area contributed by atoms with Crippen molar-refractivity contribution in [1.29, 1.82) is 0 Å². The van der Waals surface area contributed by atoms with Crippen molar-refractivity contribution < 1.29 is 18.8 Å². The molecule has 1 fully saturated rings. The Bertz CT molecular complexity index is 1180. The quantitative estimate of drug-likeness (QED) is 0.572. The van der Waals surface area contributed by atoms with Gasteiger partial charge in [-0.25, -0.2) is 5.43 Å². The minimum atomic E-state index is -0.286. The van der Waals surface area contributed by atoms with Gasteiger partial charge in [-0.3, -0.25) is 4.79 Å². The first kappa shape index (κ1) is 22.0. The molecule has 2 aliphatic rings. The first-order chi connectivity index (χ1) is 16.6. The molecular formula is C25H27N5O4. The van der Waals surface area contributed by atoms with Gasteiger partial charge in [0.15, 0.2) is 0 Å². The van der Waals surface area contributed by atoms with E-state index in [1.54, 1.807) is 43.5 Å². The fourth-order valence-electron chi connectivity index (χ4n) is 4.29. The molecule has 5 rings (SSSR count). The van der Waals surface area contributed by atoms with Crippen molar-refractivity contribution in [1.82, 2.24) is 25.5 Å². The van der Waals surface area contributed by atoms with Crippen molar-refractivity contribution in [2.45, 2.75) is 38.4 Å². The van der Waals surface area contributed by atoms with Gasteiger partial charge in [0.2, 0.25) is 11.7 Å². The molecule has 34 heavy (non-hydrogen) atoms. The lowest BCUT2D eigenvalue weighted by Gasteiger charge is -2.30. The molecule has 2 unspecified atom stereocenters. The summed E-state index contributed by atoms with van der Waals surface area (Å²) in [5.74, 6) is 2.00. The summed E-state index contributed by atoms with van der Waals surface area (Å²) in [5, 5.41) is 5.97. The van der Waals surface area contributed by atoms with E-state index in [4.69, 9.17) is 14.0 Å². The number of benzene rings is 2. The highest BCUT2D eigenvalue weighted by Crippen LogP contribution is 2.32. The number of fused-ring (bicyclic) bond motifs is 1. The van der Waals surface area contributed by atoms with Gasteiger partial charge in [-0.15, -0.1) is 0 Å². The molecular weight excluding hydrogens is 434 g/mol. The highest BCUT2D eigenvalue weighted by Gasteiger charge is 2.40. The van der Waals surface area contributed by atoms with E-state index >= 15 is 0 Å². The van der Waals surface area contributed by atoms with E-state index in [0.29, 0.717) is 35.2 Å². The van der Waals surface area contributed by atoms with Crippen LogP contribution in [0.3, 0.4) is 0 Å². The molecule has 2 aliphatic heterocycles. The van der Waals surface area contributed by atoms with Crippen LogP contribution in [0.25, 0.3) is 11.4 Å². The van der Waals surface area contributed by atoms with E-state index in [1.165, 1.54) is 11.1 Å². The van der Waals surface area contributed by atoms with Crippen LogP contribution in [0, 0.1) is 0 Å². The molecule has 0 bridgehead atoms. The molecule has 0 aliphatic carbocycles. The number of methoxy groups -OCH3 is 2. The Kier molecular flexibility index (Phi) is 5.93. The number of aromatic nitrogens is 2. The Morgan fingerprint density at radius 3 is 2.50 bits per heavy atom. The SMILES string of the molecule is CCc1ccc(C2CC3C(=O)N(Cc4nc(-c5cc(OC)cc(OC)c5)no4)C=CN3N2)cc1. The monoisotopic (exact) mass is 461 g/mol. The minimum absolute atomic E-state index is 0.00882. The second-order valence-electron chi connectivity index (χ2n) is 8.31. The molecule has 176 valence electrons. The number of carbonyl (C=O) groups is 1. The minimum Gasteiger partial charge on any atom is -0.497 e. The standard InChI is InChI=1S/C25H27N5O4/c1-4-16-5-7-17(8-6-16)21-14-22-25(31)29(9-10-30(22)27-21)15-23-26-24(28-34-23)18-11-19(32-2)13-20(12-18)33-3/h5-13,21-22,27H,4,14-15H2,1-3H3. The maximum Gasteiger partial charge on any atom is 0.251 e. The molecule has 3 heterocycles. The summed E-state index contributed by atoms with van der Waals surface area (Å²) in [6, 6.07) is 13.7. The van der Waals surface area contributed by atoms with E-state index in [0.717, 1.165) is 6.42 Å². The normalized spacial score (nSPS) is 19.4. The largest absolute Gasteiger partial charge is 0.497 e. The summed E-state index contributed by atoms with van der Waals surface area (Å²) in [5.41, 5.74) is 6.61. The maximum atomic E-state index is 13.2. The average Bonchev–Trinajstić information content (AvgIpc) is 3.53. The van der Waals surface area contributed by atoms with Crippen molar-refractivity contribution >= 4 is 5.91 Å². The molecule has 1 N–H and O–H groups in total. The smallest absolute Gasteiger partial charge is 0.251 e. The van der Waals surface area contributed by atoms with Crippen LogP contribution in [0.1, 0.15) is 36.4 Å². The number of hydrogen-bond donors (Lipinski definition) is 1. The van der Waals surface area contributed by atoms with Crippen LogP contribution < -0.4 is 14.9 Å². The van der Waals surface area contributed by atoms with Crippen LogP contribution >= 0.6 is 0 Å². The van der Waals surface area contributed by atoms with Crippen LogP contribution in [-0.2, 0) is 17.8 Å². The highest BCUT2D eigenvalue weighted by molar-refractivity contribution is 5.84. The van der Waals surface area contributed by atoms with Crippen molar-refractivity contribution in [2.24, 2.45) is 0 Å². The Balaban J connectivity index is 1.28. The van der Waals surface area contributed by atoms with Gasteiger partial charge in [0.05, 0.1) is 20.3 Å². The fraction of sp³-hybridized carbons (Fsp3) is 0.320. The summed E-state index contributed by atoms with van der Waals surface area (Å²) >= 11 is 0. The van der Waals surface area contributed by atoms with E-state index < -0.39 is 0 Å². The molecule has 1 amide bonds. The first-order valence-corrected chi connectivity index (χ1v) is 11.3. The number of hydrazine groups is 1. The highest BCUT2D eigenvalue weighted by atomic mass is 16.5. The summed E-state index contributed by atoms with van der Waals surface area (Å²) in [6.07, 6.45) is 5.32. The molecule has 1 aromatic heterocycles. The number of amides is 1. The van der Waals surface area contributed by atoms with Gasteiger partial charge in [0.1, 0.15) is 24.1 Å². The molecule has 0 radical (unpaired) electrons. The lowest BCUT2D eigenvalue weighted by atomic mass is 9.99. The number of carbonyl (C=O) groups excluding carboxylic acids is 1. The maximum absolute atomic E-state index is 13.2. The second-order valence-corrected chi connectivity index (χ2v) is 8.31. The zero-order chi connectivity index (χ0) is 23.7. The Morgan fingerprint density at radius 2 is 1.82 bits per heavy atom. The molecule has 2 aromatic carbocycles. The van der Waals surface area contributed by atoms with Crippen LogP contribution in [0.15, 0.2) is 59.4 Å². The van der Waals surface area contributed by atoms with Gasteiger partial charge in [-0.2, -0.15) is 4.98 Å². The van der Waals surface area contributed by atoms with Gasteiger partial charge < -0.3 is 23.9 Å². The molecule has 0 spiro atoms. The Morgan fingerprint density at radius 1 is 1.09 bits per heavy atom. The van der Waals surface area contributed by atoms with Gasteiger partial charge >= 0.3 is 0 Å². The van der Waals surface area contributed by atoms with Crippen molar-refractivity contribution in [2.75, 3.05) is 14.2 Å². The third kappa shape index (κ3) is 4.22. The van der Waals surface area contributed by atoms with E-state index in [2.05, 4.69) is 46.8 Å². The van der Waals surface area contributed by atoms with E-state index in [1.807, 2.05) is 11.2 Å². The molecule has 0 saturated carbocycles. The van der Waals surface area contributed by atoms with E-state index in [9.17, 15) is 4.79 Å². The zero-order valence-electron chi connectivity index (χ0n) is 19.4. The van der Waals surface area contributed by atoms with E-state index in [-0.39, 0.29) is 24.5 Å². The van der Waals surface area contributed by atoms with Crippen LogP contribution in [0.2, 0.25) is 0 Å². The zero-order valence-corrected chi connectivity index (χ0v) is 19.4. The van der Waals surface area contributed by atoms with Gasteiger partial charge in [-0.1, -0.05) is 36.3 Å². The Labute approximate surface area is 197 Å². The van der Waals surface area contributed by atoms with Crippen molar-refractivity contribution in [3.63, 3.8) is 0 Å². The number of nitrogens with zero attached hydrogens (tertiary/aromatic N) is 4. The van der Waals surface area contributed by atoms with Gasteiger partial charge in [-0.05, 0) is 36.1 Å². The topological polar surface area (TPSA) is 93.0 Å². The average molecular weight is 462 g/mol. The van der Waals surface area contributed by atoms with Crippen molar-refractivity contribution in [3.8, 4) is 22.9 Å². The summed E-state index contributed by atoms with van der Waals surface area (Å²) < 4.78 is 16.1. The van der Waals surface area contributed by atoms with Crippen LogP contribution in [-0.4, -0.2) is 46.2 Å². The van der Waals surface area contributed by atoms with Crippen LogP contribution in [0.5, 0.6) is 11.5 Å². The van der Waals surface area contributed by atoms with Gasteiger partial charge in [0.25, 0.3) is 5.91 Å². The number of rotatable bonds is 7. The Hall–Kier alpha value is -3.85. The third-order valence-electron chi connectivity index (χ3n) is 6.25. The lowest BCUT2D eigenvalue weighted by molar-refractivity contribution is -0.135. The predicted molar refractivity (Wildman–Crippen MR) is 124 cm³/mol. The van der Waals surface area contributed by atoms with Crippen molar-refractivity contribution in [3.05, 3.63) is 71.9 Å². The second kappa shape index (κ2) is 9.18. The lowest BCUT2D eigenvalue weighted by Crippen LogP contribution is -2.47. The predicted octanol–water partition coefficient (Wildman–Crippen LogP) is 3.45. The number of hydrogen-bond acceptors (Lipinski definition) is 8. The number of ether oxygens (including phenoxy) is 2. The third-order valence-corrected chi connectivity index (χ3v) is 6.25. The molecule has 9 heteroatoms. The summed E-state index contributed by atoms with van der Waals surface area (Å²) in [6.45, 7) is 2.34. The number of nitrogens with one attached hydrogen (secondary N) is 1. The molecule has 9 nitrogen and oxygen atoms in total. The number of aryl methyl sites for hydroxylation is 1. The first-order valence-electron chi connectivity index (χ1n) is 11.3. The molecule has 1 saturated heterocycles. The summed E-state index contributed by atoms with van der Waals surface area (Å²) in [7, 11) is 3.17. The summed E-state index contributed by atoms with van der Waals surface area (Å²) in [4.78, 5) is 19.3. The van der Waals surface area contributed by atoms with Crippen LogP contribution in [0.4, 0.5) is 0 Å². The van der Waals surface area contributed by atoms with Gasteiger partial charge in [0, 0.05) is 24.0 Å². The molecule has 3 aromatic rings. The fourth-order valence-corrected chi connectivity index (χ4v) is 4.29. The molecule has 2 atom stereocenters.